The first-order valence-electron chi connectivity index (χ1n) is 21.4. The third kappa shape index (κ3) is 38.6. The van der Waals surface area contributed by atoms with Crippen LogP contribution in [-0.2, 0) is 32.7 Å². The highest BCUT2D eigenvalue weighted by atomic mass is 31.2. The number of carbonyl (C=O) groups excluding carboxylic acids is 2. The molecule has 0 aliphatic rings. The molecule has 0 aromatic carbocycles. The lowest BCUT2D eigenvalue weighted by Gasteiger charge is -2.20. The molecule has 0 aliphatic carbocycles. The van der Waals surface area contributed by atoms with Gasteiger partial charge in [0.25, 0.3) is 0 Å². The van der Waals surface area contributed by atoms with E-state index in [9.17, 15) is 29.3 Å². The van der Waals surface area contributed by atoms with Gasteiger partial charge in [0.15, 0.2) is 6.10 Å². The van der Waals surface area contributed by atoms with E-state index in [0.29, 0.717) is 25.7 Å². The molecule has 11 nitrogen and oxygen atoms in total. The van der Waals surface area contributed by atoms with Crippen LogP contribution >= 0.6 is 7.82 Å². The second-order valence-corrected chi connectivity index (χ2v) is 15.9. The van der Waals surface area contributed by atoms with Crippen molar-refractivity contribution >= 4 is 19.8 Å². The highest BCUT2D eigenvalue weighted by Crippen LogP contribution is 2.43. The van der Waals surface area contributed by atoms with Crippen LogP contribution in [0, 0.1) is 5.92 Å². The smallest absolute Gasteiger partial charge is 0.462 e. The standard InChI is InChI=1S/C45H77O11P/c1-4-6-7-8-22-27-32-41(47)33-28-23-18-14-10-12-15-19-24-29-34-44(49)53-38-43(39-55-57(51,52)54-37-42(48)36-46)56-45(50)35-30-25-20-16-11-9-13-17-21-26-31-40(3)5-2/h6-7,10,12,18-19,22-24,27-28,33,40-43,46-48H,4-5,8-9,11,13-17,20-21,25-26,29-32,34-39H2,1-3H3,(H,51,52)/b7-6-,12-10-,23-18-,24-19-,27-22-,33-28+/t40?,41?,42-,43+/m0/s1. The Balaban J connectivity index is 4.50. The number of aliphatic hydroxyl groups is 3. The summed E-state index contributed by atoms with van der Waals surface area (Å²) < 4.78 is 32.6. The number of allylic oxidation sites excluding steroid dienone is 10. The van der Waals surface area contributed by atoms with Crippen LogP contribution in [0.15, 0.2) is 72.9 Å². The van der Waals surface area contributed by atoms with Gasteiger partial charge >= 0.3 is 19.8 Å². The molecule has 328 valence electrons. The summed E-state index contributed by atoms with van der Waals surface area (Å²) in [5, 5.41) is 28.3. The molecular formula is C45H77O11P. The molecule has 57 heavy (non-hydrogen) atoms. The summed E-state index contributed by atoms with van der Waals surface area (Å²) in [5.41, 5.74) is 0. The average Bonchev–Trinajstić information content (AvgIpc) is 3.19. The van der Waals surface area contributed by atoms with Gasteiger partial charge in [-0.15, -0.1) is 0 Å². The van der Waals surface area contributed by atoms with Crippen LogP contribution in [0.2, 0.25) is 0 Å². The van der Waals surface area contributed by atoms with E-state index in [-0.39, 0.29) is 19.4 Å². The molecule has 0 spiro atoms. The molecule has 0 aromatic heterocycles. The molecule has 0 aliphatic heterocycles. The maximum absolute atomic E-state index is 12.6. The Kier molecular flexibility index (Phi) is 37.1. The molecule has 0 radical (unpaired) electrons. The van der Waals surface area contributed by atoms with Gasteiger partial charge in [0.05, 0.1) is 25.9 Å². The van der Waals surface area contributed by atoms with Crippen LogP contribution in [0.25, 0.3) is 0 Å². The number of aliphatic hydroxyl groups excluding tert-OH is 3. The summed E-state index contributed by atoms with van der Waals surface area (Å²) >= 11 is 0. The van der Waals surface area contributed by atoms with Gasteiger partial charge in [-0.25, -0.2) is 4.57 Å². The minimum Gasteiger partial charge on any atom is -0.462 e. The van der Waals surface area contributed by atoms with Crippen molar-refractivity contribution in [3.05, 3.63) is 72.9 Å². The van der Waals surface area contributed by atoms with Gasteiger partial charge in [-0.05, 0) is 50.9 Å². The number of rotatable bonds is 38. The second-order valence-electron chi connectivity index (χ2n) is 14.4. The fraction of sp³-hybridized carbons (Fsp3) is 0.689. The zero-order valence-electron chi connectivity index (χ0n) is 35.3. The van der Waals surface area contributed by atoms with Crippen molar-refractivity contribution in [1.82, 2.24) is 0 Å². The Morgan fingerprint density at radius 1 is 0.667 bits per heavy atom. The zero-order chi connectivity index (χ0) is 42.2. The van der Waals surface area contributed by atoms with E-state index in [4.69, 9.17) is 19.1 Å². The lowest BCUT2D eigenvalue weighted by atomic mass is 9.99. The molecule has 12 heteroatoms. The Labute approximate surface area is 344 Å². The van der Waals surface area contributed by atoms with Crippen molar-refractivity contribution in [3.63, 3.8) is 0 Å². The number of hydrogen-bond acceptors (Lipinski definition) is 10. The topological polar surface area (TPSA) is 169 Å². The van der Waals surface area contributed by atoms with E-state index in [2.05, 4.69) is 43.5 Å². The first-order chi connectivity index (χ1) is 27.5. The normalized spacial score (nSPS) is 15.7. The molecule has 0 saturated heterocycles. The van der Waals surface area contributed by atoms with Gasteiger partial charge in [0, 0.05) is 12.8 Å². The number of unbranched alkanes of at least 4 members (excludes halogenated alkanes) is 9. The van der Waals surface area contributed by atoms with Crippen LogP contribution in [-0.4, -0.2) is 76.9 Å². The molecule has 0 aromatic rings. The first-order valence-corrected chi connectivity index (χ1v) is 22.9. The summed E-state index contributed by atoms with van der Waals surface area (Å²) in [7, 11) is -4.65. The second kappa shape index (κ2) is 38.9. The lowest BCUT2D eigenvalue weighted by molar-refractivity contribution is -0.161. The molecule has 0 amide bonds. The van der Waals surface area contributed by atoms with E-state index >= 15 is 0 Å². The Morgan fingerprint density at radius 2 is 1.25 bits per heavy atom. The Morgan fingerprint density at radius 3 is 1.89 bits per heavy atom. The molecule has 0 fully saturated rings. The Bertz CT molecular complexity index is 1210. The largest absolute Gasteiger partial charge is 0.472 e. The van der Waals surface area contributed by atoms with Gasteiger partial charge in [0.1, 0.15) is 12.7 Å². The van der Waals surface area contributed by atoms with Gasteiger partial charge < -0.3 is 29.7 Å². The van der Waals surface area contributed by atoms with E-state index in [1.165, 1.54) is 51.4 Å². The van der Waals surface area contributed by atoms with Gasteiger partial charge in [-0.3, -0.25) is 18.6 Å². The van der Waals surface area contributed by atoms with E-state index in [1.807, 2.05) is 48.6 Å². The van der Waals surface area contributed by atoms with Crippen LogP contribution < -0.4 is 0 Å². The van der Waals surface area contributed by atoms with E-state index < -0.39 is 57.9 Å². The molecule has 5 atom stereocenters. The van der Waals surface area contributed by atoms with E-state index in [0.717, 1.165) is 44.4 Å². The van der Waals surface area contributed by atoms with Crippen LogP contribution in [0.4, 0.5) is 0 Å². The number of carbonyl (C=O) groups is 2. The van der Waals surface area contributed by atoms with E-state index in [1.54, 1.807) is 6.08 Å². The van der Waals surface area contributed by atoms with Crippen molar-refractivity contribution in [2.24, 2.45) is 5.92 Å². The number of esters is 2. The van der Waals surface area contributed by atoms with Gasteiger partial charge in [0.2, 0.25) is 0 Å². The number of hydrogen-bond donors (Lipinski definition) is 4. The lowest BCUT2D eigenvalue weighted by Crippen LogP contribution is -2.29. The van der Waals surface area contributed by atoms with Gasteiger partial charge in [-0.1, -0.05) is 164 Å². The maximum Gasteiger partial charge on any atom is 0.472 e. The number of phosphoric ester groups is 1. The predicted octanol–water partition coefficient (Wildman–Crippen LogP) is 10.1. The number of ether oxygens (including phenoxy) is 2. The van der Waals surface area contributed by atoms with Gasteiger partial charge in [-0.2, -0.15) is 0 Å². The predicted molar refractivity (Wildman–Crippen MR) is 229 cm³/mol. The summed E-state index contributed by atoms with van der Waals surface area (Å²) in [6.07, 6.45) is 39.1. The summed E-state index contributed by atoms with van der Waals surface area (Å²) in [6.45, 7) is 4.42. The van der Waals surface area contributed by atoms with Crippen molar-refractivity contribution in [2.75, 3.05) is 26.4 Å². The fourth-order valence-corrected chi connectivity index (χ4v) is 6.10. The number of phosphoric acid groups is 1. The van der Waals surface area contributed by atoms with Crippen LogP contribution in [0.5, 0.6) is 0 Å². The molecular weight excluding hydrogens is 747 g/mol. The molecule has 0 rings (SSSR count). The van der Waals surface area contributed by atoms with Crippen molar-refractivity contribution in [2.45, 2.75) is 167 Å². The third-order valence-corrected chi connectivity index (χ3v) is 9.96. The summed E-state index contributed by atoms with van der Waals surface area (Å²) in [6, 6.07) is 0. The maximum atomic E-state index is 12.6. The van der Waals surface area contributed by atoms with Crippen molar-refractivity contribution < 1.29 is 52.9 Å². The van der Waals surface area contributed by atoms with Crippen LogP contribution in [0.3, 0.4) is 0 Å². The zero-order valence-corrected chi connectivity index (χ0v) is 36.2. The monoisotopic (exact) mass is 825 g/mol. The molecule has 0 saturated carbocycles. The third-order valence-electron chi connectivity index (χ3n) is 9.01. The highest BCUT2D eigenvalue weighted by Gasteiger charge is 2.27. The quantitative estimate of drug-likeness (QED) is 0.0154. The van der Waals surface area contributed by atoms with Crippen molar-refractivity contribution in [3.8, 4) is 0 Å². The van der Waals surface area contributed by atoms with Crippen LogP contribution in [0.1, 0.15) is 149 Å². The molecule has 0 heterocycles. The summed E-state index contributed by atoms with van der Waals surface area (Å²) in [5.74, 6) is -0.231. The molecule has 4 N–H and O–H groups in total. The average molecular weight is 825 g/mol. The van der Waals surface area contributed by atoms with Crippen molar-refractivity contribution in [1.29, 1.82) is 0 Å². The summed E-state index contributed by atoms with van der Waals surface area (Å²) in [4.78, 5) is 34.9. The minimum atomic E-state index is -4.65. The molecule has 0 bridgehead atoms. The highest BCUT2D eigenvalue weighted by molar-refractivity contribution is 7.47. The SMILES string of the molecule is CC/C=C\C/C=C\CC(O)/C=C/C=C\C/C=C\C/C=C\CCC(=O)OC[C@H](COP(=O)(O)OC[C@@H](O)CO)OC(=O)CCCCCCCCCCCCC(C)CC. The Hall–Kier alpha value is -2.63. The molecule has 3 unspecified atom stereocenters. The minimum absolute atomic E-state index is 0.0905. The first kappa shape index (κ1) is 54.4. The fourth-order valence-electron chi connectivity index (χ4n) is 5.31.